The first kappa shape index (κ1) is 15.0. The smallest absolute Gasteiger partial charge is 0.119 e. The number of nitrogens with one attached hydrogen (secondary N) is 1. The van der Waals surface area contributed by atoms with E-state index in [9.17, 15) is 0 Å². The second-order valence-electron chi connectivity index (χ2n) is 4.41. The molecular weight excluding hydrogens is 226 g/mol. The maximum atomic E-state index is 5.64. The van der Waals surface area contributed by atoms with E-state index in [1.807, 2.05) is 30.3 Å². The third kappa shape index (κ3) is 6.62. The summed E-state index contributed by atoms with van der Waals surface area (Å²) >= 11 is 0. The Hall–Kier alpha value is -1.06. The Morgan fingerprint density at radius 2 is 2.00 bits per heavy atom. The van der Waals surface area contributed by atoms with Crippen molar-refractivity contribution in [3.8, 4) is 5.75 Å². The Balaban J connectivity index is 2.06. The van der Waals surface area contributed by atoms with Gasteiger partial charge in [0.05, 0.1) is 13.2 Å². The Bertz CT molecular complexity index is 284. The minimum absolute atomic E-state index is 0.469. The standard InChI is InChI=1S/C15H25NO2/c1-3-8-14(13-17-2)16-11-7-12-18-15-9-5-4-6-10-15/h4-6,9-10,14,16H,3,7-8,11-13H2,1-2H3. The van der Waals surface area contributed by atoms with Gasteiger partial charge in [0.25, 0.3) is 0 Å². The van der Waals surface area contributed by atoms with Crippen LogP contribution in [0.15, 0.2) is 30.3 Å². The summed E-state index contributed by atoms with van der Waals surface area (Å²) in [5.41, 5.74) is 0. The van der Waals surface area contributed by atoms with Gasteiger partial charge in [0.1, 0.15) is 5.75 Å². The van der Waals surface area contributed by atoms with Crippen molar-refractivity contribution in [3.63, 3.8) is 0 Å². The lowest BCUT2D eigenvalue weighted by molar-refractivity contribution is 0.161. The van der Waals surface area contributed by atoms with E-state index in [-0.39, 0.29) is 0 Å². The lowest BCUT2D eigenvalue weighted by Gasteiger charge is -2.17. The second-order valence-corrected chi connectivity index (χ2v) is 4.41. The third-order valence-corrected chi connectivity index (χ3v) is 2.77. The molecule has 0 bridgehead atoms. The molecule has 0 spiro atoms. The van der Waals surface area contributed by atoms with Gasteiger partial charge in [0.15, 0.2) is 0 Å². The van der Waals surface area contributed by atoms with Crippen molar-refractivity contribution >= 4 is 0 Å². The summed E-state index contributed by atoms with van der Waals surface area (Å²) in [6.45, 7) is 4.71. The molecule has 1 N–H and O–H groups in total. The van der Waals surface area contributed by atoms with E-state index in [2.05, 4.69) is 12.2 Å². The molecule has 18 heavy (non-hydrogen) atoms. The van der Waals surface area contributed by atoms with Crippen molar-refractivity contribution in [3.05, 3.63) is 30.3 Å². The van der Waals surface area contributed by atoms with Gasteiger partial charge in [-0.3, -0.25) is 0 Å². The maximum absolute atomic E-state index is 5.64. The predicted molar refractivity (Wildman–Crippen MR) is 75.1 cm³/mol. The molecule has 0 aliphatic carbocycles. The number of hydrogen-bond acceptors (Lipinski definition) is 3. The van der Waals surface area contributed by atoms with Gasteiger partial charge in [-0.25, -0.2) is 0 Å². The highest BCUT2D eigenvalue weighted by molar-refractivity contribution is 5.20. The number of benzene rings is 1. The fourth-order valence-electron chi connectivity index (χ4n) is 1.88. The Kier molecular flexibility index (Phi) is 8.26. The van der Waals surface area contributed by atoms with E-state index in [1.54, 1.807) is 7.11 Å². The van der Waals surface area contributed by atoms with Gasteiger partial charge in [-0.2, -0.15) is 0 Å². The summed E-state index contributed by atoms with van der Waals surface area (Å²) in [6, 6.07) is 10.4. The molecule has 1 aromatic carbocycles. The van der Waals surface area contributed by atoms with Gasteiger partial charge in [-0.05, 0) is 31.5 Å². The topological polar surface area (TPSA) is 30.5 Å². The van der Waals surface area contributed by atoms with Crippen LogP contribution >= 0.6 is 0 Å². The first-order chi connectivity index (χ1) is 8.86. The summed E-state index contributed by atoms with van der Waals surface area (Å²) in [5.74, 6) is 0.944. The molecule has 1 unspecified atom stereocenters. The average molecular weight is 251 g/mol. The maximum Gasteiger partial charge on any atom is 0.119 e. The summed E-state index contributed by atoms with van der Waals surface area (Å²) in [5, 5.41) is 3.50. The quantitative estimate of drug-likeness (QED) is 0.649. The zero-order valence-corrected chi connectivity index (χ0v) is 11.5. The Morgan fingerprint density at radius 1 is 1.22 bits per heavy atom. The van der Waals surface area contributed by atoms with E-state index in [1.165, 1.54) is 6.42 Å². The average Bonchev–Trinajstić information content (AvgIpc) is 2.40. The first-order valence-corrected chi connectivity index (χ1v) is 6.77. The molecule has 0 radical (unpaired) electrons. The molecule has 1 rings (SSSR count). The molecular formula is C15H25NO2. The van der Waals surface area contributed by atoms with Gasteiger partial charge in [-0.1, -0.05) is 31.5 Å². The van der Waals surface area contributed by atoms with E-state index in [4.69, 9.17) is 9.47 Å². The molecule has 0 saturated carbocycles. The number of hydrogen-bond donors (Lipinski definition) is 1. The van der Waals surface area contributed by atoms with Crippen LogP contribution in [0, 0.1) is 0 Å². The molecule has 102 valence electrons. The summed E-state index contributed by atoms with van der Waals surface area (Å²) < 4.78 is 10.8. The summed E-state index contributed by atoms with van der Waals surface area (Å²) in [4.78, 5) is 0. The van der Waals surface area contributed by atoms with Crippen molar-refractivity contribution in [2.24, 2.45) is 0 Å². The van der Waals surface area contributed by atoms with Crippen LogP contribution in [-0.4, -0.2) is 32.9 Å². The van der Waals surface area contributed by atoms with Crippen LogP contribution in [0.25, 0.3) is 0 Å². The van der Waals surface area contributed by atoms with Gasteiger partial charge in [0.2, 0.25) is 0 Å². The normalized spacial score (nSPS) is 12.3. The first-order valence-electron chi connectivity index (χ1n) is 6.77. The second kappa shape index (κ2) is 9.92. The van der Waals surface area contributed by atoms with Crippen LogP contribution in [0.3, 0.4) is 0 Å². The zero-order chi connectivity index (χ0) is 13.1. The molecule has 1 atom stereocenters. The van der Waals surface area contributed by atoms with Crippen LogP contribution < -0.4 is 10.1 Å². The fourth-order valence-corrected chi connectivity index (χ4v) is 1.88. The van der Waals surface area contributed by atoms with E-state index >= 15 is 0 Å². The fraction of sp³-hybridized carbons (Fsp3) is 0.600. The van der Waals surface area contributed by atoms with Crippen molar-refractivity contribution in [1.29, 1.82) is 0 Å². The van der Waals surface area contributed by atoms with Crippen molar-refractivity contribution < 1.29 is 9.47 Å². The number of rotatable bonds is 10. The highest BCUT2D eigenvalue weighted by atomic mass is 16.5. The van der Waals surface area contributed by atoms with Crippen LogP contribution in [0.4, 0.5) is 0 Å². The highest BCUT2D eigenvalue weighted by Gasteiger charge is 2.05. The molecule has 0 aromatic heterocycles. The molecule has 0 heterocycles. The Morgan fingerprint density at radius 3 is 2.67 bits per heavy atom. The van der Waals surface area contributed by atoms with Crippen molar-refractivity contribution in [2.75, 3.05) is 26.9 Å². The van der Waals surface area contributed by atoms with Crippen LogP contribution in [0.1, 0.15) is 26.2 Å². The van der Waals surface area contributed by atoms with Crippen LogP contribution in [-0.2, 0) is 4.74 Å². The van der Waals surface area contributed by atoms with Crippen LogP contribution in [0.5, 0.6) is 5.75 Å². The van der Waals surface area contributed by atoms with Gasteiger partial charge >= 0.3 is 0 Å². The lowest BCUT2D eigenvalue weighted by atomic mass is 10.2. The molecule has 3 heteroatoms. The third-order valence-electron chi connectivity index (χ3n) is 2.77. The molecule has 3 nitrogen and oxygen atoms in total. The van der Waals surface area contributed by atoms with E-state index in [0.29, 0.717) is 6.04 Å². The zero-order valence-electron chi connectivity index (χ0n) is 11.5. The molecule has 1 aromatic rings. The van der Waals surface area contributed by atoms with Gasteiger partial charge < -0.3 is 14.8 Å². The molecule has 0 saturated heterocycles. The van der Waals surface area contributed by atoms with Crippen LogP contribution in [0.2, 0.25) is 0 Å². The number of para-hydroxylation sites is 1. The molecule has 0 aliphatic heterocycles. The number of ether oxygens (including phenoxy) is 2. The molecule has 0 fully saturated rings. The largest absolute Gasteiger partial charge is 0.494 e. The van der Waals surface area contributed by atoms with Crippen molar-refractivity contribution in [2.45, 2.75) is 32.2 Å². The minimum atomic E-state index is 0.469. The van der Waals surface area contributed by atoms with E-state index in [0.717, 1.165) is 38.3 Å². The Labute approximate surface area is 110 Å². The minimum Gasteiger partial charge on any atom is -0.494 e. The highest BCUT2D eigenvalue weighted by Crippen LogP contribution is 2.08. The predicted octanol–water partition coefficient (Wildman–Crippen LogP) is 2.86. The monoisotopic (exact) mass is 251 g/mol. The molecule has 0 amide bonds. The van der Waals surface area contributed by atoms with Gasteiger partial charge in [-0.15, -0.1) is 0 Å². The summed E-state index contributed by atoms with van der Waals surface area (Å²) in [7, 11) is 1.75. The lowest BCUT2D eigenvalue weighted by Crippen LogP contribution is -2.34. The molecule has 0 aliphatic rings. The SMILES string of the molecule is CCCC(COC)NCCCOc1ccccc1. The number of methoxy groups -OCH3 is 1. The van der Waals surface area contributed by atoms with E-state index < -0.39 is 0 Å². The van der Waals surface area contributed by atoms with Crippen molar-refractivity contribution in [1.82, 2.24) is 5.32 Å². The van der Waals surface area contributed by atoms with Gasteiger partial charge in [0, 0.05) is 13.2 Å². The summed E-state index contributed by atoms with van der Waals surface area (Å²) in [6.07, 6.45) is 3.35.